The maximum absolute atomic E-state index is 13.0. The van der Waals surface area contributed by atoms with Gasteiger partial charge in [-0.1, -0.05) is 0 Å². The summed E-state index contributed by atoms with van der Waals surface area (Å²) in [6.45, 7) is 0. The maximum atomic E-state index is 13.0. The fourth-order valence-electron chi connectivity index (χ4n) is 1.29. The number of benzene rings is 1. The first-order valence-electron chi connectivity index (χ1n) is 4.36. The molecule has 0 saturated carbocycles. The number of imidazole rings is 1. The molecule has 0 unspecified atom stereocenters. The van der Waals surface area contributed by atoms with Crippen LogP contribution in [-0.2, 0) is 4.43 Å². The summed E-state index contributed by atoms with van der Waals surface area (Å²) >= 11 is -0.284. The number of nitrogens with two attached hydrogens (primary N) is 1. The first kappa shape index (κ1) is 10.6. The fraction of sp³-hybridized carbons (Fsp3) is 0.100. The van der Waals surface area contributed by atoms with Gasteiger partial charge in [-0.3, -0.25) is 0 Å². The Morgan fingerprint density at radius 3 is 3.07 bits per heavy atom. The average molecular weight is 318 g/mol. The van der Waals surface area contributed by atoms with Crippen LogP contribution in [0.1, 0.15) is 5.69 Å². The Balaban J connectivity index is 2.29. The third kappa shape index (κ3) is 2.54. The van der Waals surface area contributed by atoms with E-state index in [2.05, 4.69) is 4.98 Å². The average Bonchev–Trinajstić information content (AvgIpc) is 2.67. The summed E-state index contributed by atoms with van der Waals surface area (Å²) in [5.74, 6) is -0.242. The Hall–Kier alpha value is -0.950. The number of nitrogens with zero attached hydrogens (tertiary/aromatic N) is 2. The van der Waals surface area contributed by atoms with Crippen molar-refractivity contribution in [3.8, 4) is 5.69 Å². The second kappa shape index (κ2) is 4.71. The number of halogens is 2. The van der Waals surface area contributed by atoms with Crippen molar-refractivity contribution in [1.29, 1.82) is 0 Å². The van der Waals surface area contributed by atoms with E-state index in [0.29, 0.717) is 0 Å². The van der Waals surface area contributed by atoms with Crippen LogP contribution in [0.4, 0.5) is 4.39 Å². The summed E-state index contributed by atoms with van der Waals surface area (Å²) in [5.41, 5.74) is 1.75. The van der Waals surface area contributed by atoms with Crippen LogP contribution in [0.25, 0.3) is 5.69 Å². The first-order chi connectivity index (χ1) is 7.29. The quantitative estimate of drug-likeness (QED) is 0.424. The predicted octanol–water partition coefficient (Wildman–Crippen LogP) is -1.53. The van der Waals surface area contributed by atoms with Crippen molar-refractivity contribution < 1.29 is 25.9 Å². The Kier molecular flexibility index (Phi) is 3.32. The molecule has 0 saturated heterocycles. The van der Waals surface area contributed by atoms with Gasteiger partial charge in [-0.2, -0.15) is 0 Å². The SMILES string of the molecule is N[I-]Cc1cn(-c2cccc(F)c2)cn1. The molecule has 80 valence electrons. The van der Waals surface area contributed by atoms with E-state index >= 15 is 0 Å². The van der Waals surface area contributed by atoms with Gasteiger partial charge in [0.1, 0.15) is 0 Å². The van der Waals surface area contributed by atoms with E-state index in [1.165, 1.54) is 12.1 Å². The van der Waals surface area contributed by atoms with Gasteiger partial charge in [-0.15, -0.1) is 0 Å². The minimum absolute atomic E-state index is 0.242. The Bertz CT molecular complexity index is 455. The van der Waals surface area contributed by atoms with Crippen molar-refractivity contribution in [2.75, 3.05) is 0 Å². The molecule has 15 heavy (non-hydrogen) atoms. The van der Waals surface area contributed by atoms with Crippen molar-refractivity contribution in [2.24, 2.45) is 3.95 Å². The molecule has 1 aromatic heterocycles. The Morgan fingerprint density at radius 1 is 1.47 bits per heavy atom. The van der Waals surface area contributed by atoms with Crippen molar-refractivity contribution in [3.05, 3.63) is 48.3 Å². The van der Waals surface area contributed by atoms with Crippen LogP contribution in [0.2, 0.25) is 0 Å². The van der Waals surface area contributed by atoms with Gasteiger partial charge in [0.2, 0.25) is 0 Å². The van der Waals surface area contributed by atoms with Gasteiger partial charge >= 0.3 is 97.8 Å². The van der Waals surface area contributed by atoms with E-state index in [9.17, 15) is 4.39 Å². The van der Waals surface area contributed by atoms with Crippen LogP contribution in [0.5, 0.6) is 0 Å². The Labute approximate surface area is 97.7 Å². The molecule has 1 aromatic carbocycles. The van der Waals surface area contributed by atoms with Crippen LogP contribution in [-0.4, -0.2) is 9.55 Å². The summed E-state index contributed by atoms with van der Waals surface area (Å²) in [6, 6.07) is 6.42. The minimum atomic E-state index is -0.284. The zero-order valence-electron chi connectivity index (χ0n) is 7.90. The molecule has 0 atom stereocenters. The monoisotopic (exact) mass is 318 g/mol. The zero-order valence-corrected chi connectivity index (χ0v) is 10.1. The van der Waals surface area contributed by atoms with Crippen LogP contribution >= 0.6 is 0 Å². The molecule has 0 bridgehead atoms. The van der Waals surface area contributed by atoms with E-state index in [1.807, 2.05) is 12.3 Å². The number of hydrogen-bond donors (Lipinski definition) is 1. The molecular formula is C10H10FIN3-. The normalized spacial score (nSPS) is 10.8. The molecule has 0 aliphatic carbocycles. The molecule has 0 radical (unpaired) electrons. The van der Waals surface area contributed by atoms with Crippen molar-refractivity contribution in [2.45, 2.75) is 4.43 Å². The van der Waals surface area contributed by atoms with Gasteiger partial charge in [0, 0.05) is 0 Å². The van der Waals surface area contributed by atoms with Crippen LogP contribution in [0.3, 0.4) is 0 Å². The molecule has 2 N–H and O–H groups in total. The fourth-order valence-corrected chi connectivity index (χ4v) is 2.13. The van der Waals surface area contributed by atoms with Crippen molar-refractivity contribution in [1.82, 2.24) is 9.55 Å². The van der Waals surface area contributed by atoms with Gasteiger partial charge in [-0.05, 0) is 0 Å². The van der Waals surface area contributed by atoms with Gasteiger partial charge < -0.3 is 0 Å². The number of aromatic nitrogens is 2. The zero-order chi connectivity index (χ0) is 10.7. The van der Waals surface area contributed by atoms with E-state index in [1.54, 1.807) is 17.0 Å². The van der Waals surface area contributed by atoms with E-state index in [0.717, 1.165) is 15.8 Å². The molecule has 5 heteroatoms. The van der Waals surface area contributed by atoms with Gasteiger partial charge in [0.25, 0.3) is 0 Å². The summed E-state index contributed by atoms with van der Waals surface area (Å²) < 4.78 is 21.1. The summed E-state index contributed by atoms with van der Waals surface area (Å²) in [7, 11) is 0. The van der Waals surface area contributed by atoms with Crippen molar-refractivity contribution >= 4 is 0 Å². The molecule has 0 amide bonds. The van der Waals surface area contributed by atoms with Crippen molar-refractivity contribution in [3.63, 3.8) is 0 Å². The molecular weight excluding hydrogens is 308 g/mol. The number of hydrogen-bond acceptors (Lipinski definition) is 2. The predicted molar refractivity (Wildman–Crippen MR) is 51.4 cm³/mol. The van der Waals surface area contributed by atoms with E-state index in [-0.39, 0.29) is 27.3 Å². The summed E-state index contributed by atoms with van der Waals surface area (Å²) in [4.78, 5) is 4.20. The summed E-state index contributed by atoms with van der Waals surface area (Å²) in [5, 5.41) is 0. The van der Waals surface area contributed by atoms with Crippen LogP contribution in [0.15, 0.2) is 36.8 Å². The molecule has 2 aromatic rings. The standard InChI is InChI=1S/C10H10FIN3/c11-8-2-1-3-10(4-8)15-6-9(5-12-13)14-7-15/h1-4,6-7H,5,13H2/q-1. The van der Waals surface area contributed by atoms with Gasteiger partial charge in [0.15, 0.2) is 0 Å². The molecule has 0 spiro atoms. The molecule has 0 aliphatic heterocycles. The van der Waals surface area contributed by atoms with E-state index in [4.69, 9.17) is 3.95 Å². The first-order valence-corrected chi connectivity index (χ1v) is 7.13. The Morgan fingerprint density at radius 2 is 2.33 bits per heavy atom. The van der Waals surface area contributed by atoms with E-state index < -0.39 is 0 Å². The molecule has 2 rings (SSSR count). The molecule has 1 heterocycles. The number of rotatable bonds is 3. The third-order valence-corrected chi connectivity index (χ3v) is 3.18. The van der Waals surface area contributed by atoms with Crippen LogP contribution < -0.4 is 25.4 Å². The molecule has 3 nitrogen and oxygen atoms in total. The molecule has 0 fully saturated rings. The summed E-state index contributed by atoms with van der Waals surface area (Å²) in [6.07, 6.45) is 3.57. The second-order valence-corrected chi connectivity index (χ2v) is 4.68. The van der Waals surface area contributed by atoms with Gasteiger partial charge in [0.05, 0.1) is 0 Å². The van der Waals surface area contributed by atoms with Crippen LogP contribution in [0, 0.1) is 5.82 Å². The van der Waals surface area contributed by atoms with Gasteiger partial charge in [-0.25, -0.2) is 0 Å². The second-order valence-electron chi connectivity index (χ2n) is 3.04. The molecule has 0 aliphatic rings. The number of alkyl halides is 1. The topological polar surface area (TPSA) is 43.8 Å². The third-order valence-electron chi connectivity index (χ3n) is 1.96.